The zero-order valence-electron chi connectivity index (χ0n) is 14.6. The van der Waals surface area contributed by atoms with Crippen molar-refractivity contribution in [3.8, 4) is 0 Å². The number of carbonyl (C=O) groups excluding carboxylic acids is 2. The molecule has 0 heterocycles. The highest BCUT2D eigenvalue weighted by molar-refractivity contribution is 5.96. The molecule has 5 nitrogen and oxygen atoms in total. The summed E-state index contributed by atoms with van der Waals surface area (Å²) >= 11 is 0. The van der Waals surface area contributed by atoms with Crippen molar-refractivity contribution >= 4 is 11.9 Å². The first-order valence-electron chi connectivity index (χ1n) is 8.69. The number of rotatable bonds is 5. The molecule has 0 aromatic heterocycles. The molecule has 0 unspecified atom stereocenters. The Morgan fingerprint density at radius 3 is 2.44 bits per heavy atom. The summed E-state index contributed by atoms with van der Waals surface area (Å²) < 4.78 is 26.7. The molecule has 1 saturated carbocycles. The minimum absolute atomic E-state index is 0.108. The van der Waals surface area contributed by atoms with E-state index in [1.54, 1.807) is 13.8 Å². The van der Waals surface area contributed by atoms with Crippen LogP contribution in [0.4, 0.5) is 13.6 Å². The highest BCUT2D eigenvalue weighted by Gasteiger charge is 2.22. The molecular weight excluding hydrogens is 328 g/mol. The van der Waals surface area contributed by atoms with Gasteiger partial charge in [0.1, 0.15) is 11.6 Å². The number of benzene rings is 1. The molecule has 0 saturated heterocycles. The smallest absolute Gasteiger partial charge is 0.321 e. The van der Waals surface area contributed by atoms with Gasteiger partial charge < -0.3 is 5.32 Å². The fourth-order valence-corrected chi connectivity index (χ4v) is 3.08. The first-order valence-corrected chi connectivity index (χ1v) is 8.69. The summed E-state index contributed by atoms with van der Waals surface area (Å²) in [4.78, 5) is 24.0. The normalized spacial score (nSPS) is 17.6. The third kappa shape index (κ3) is 5.77. The van der Waals surface area contributed by atoms with Gasteiger partial charge in [0.05, 0.1) is 6.04 Å². The van der Waals surface area contributed by atoms with Gasteiger partial charge in [0.2, 0.25) is 5.91 Å². The summed E-state index contributed by atoms with van der Waals surface area (Å²) in [5, 5.41) is 8.02. The predicted octanol–water partition coefficient (Wildman–Crippen LogP) is 3.16. The lowest BCUT2D eigenvalue weighted by Crippen LogP contribution is -2.50. The highest BCUT2D eigenvalue weighted by Crippen LogP contribution is 2.18. The summed E-state index contributed by atoms with van der Waals surface area (Å²) in [5.74, 6) is -1.83. The average molecular weight is 353 g/mol. The molecule has 1 aromatic carbocycles. The second-order valence-electron chi connectivity index (χ2n) is 6.57. The lowest BCUT2D eigenvalue weighted by Gasteiger charge is -2.24. The molecule has 1 aliphatic rings. The van der Waals surface area contributed by atoms with E-state index < -0.39 is 35.7 Å². The van der Waals surface area contributed by atoms with Crippen molar-refractivity contribution in [2.24, 2.45) is 0 Å². The van der Waals surface area contributed by atoms with Crippen molar-refractivity contribution in [2.45, 2.75) is 64.1 Å². The third-order valence-corrected chi connectivity index (χ3v) is 4.50. The van der Waals surface area contributed by atoms with Gasteiger partial charge in [-0.05, 0) is 32.8 Å². The van der Waals surface area contributed by atoms with Crippen LogP contribution in [0.5, 0.6) is 0 Å². The fourth-order valence-electron chi connectivity index (χ4n) is 3.08. The zero-order chi connectivity index (χ0) is 18.4. The molecule has 2 atom stereocenters. The lowest BCUT2D eigenvalue weighted by atomic mass is 9.96. The average Bonchev–Trinajstić information content (AvgIpc) is 2.55. The molecule has 1 aromatic rings. The van der Waals surface area contributed by atoms with E-state index in [2.05, 4.69) is 16.0 Å². The van der Waals surface area contributed by atoms with Crippen LogP contribution in [0.3, 0.4) is 0 Å². The Bertz CT molecular complexity index is 618. The summed E-state index contributed by atoms with van der Waals surface area (Å²) in [6, 6.07) is 1.68. The number of nitrogens with one attached hydrogen (secondary N) is 3. The lowest BCUT2D eigenvalue weighted by molar-refractivity contribution is -0.121. The largest absolute Gasteiger partial charge is 0.335 e. The zero-order valence-corrected chi connectivity index (χ0v) is 14.6. The number of halogens is 2. The third-order valence-electron chi connectivity index (χ3n) is 4.50. The van der Waals surface area contributed by atoms with Gasteiger partial charge in [-0.15, -0.1) is 0 Å². The highest BCUT2D eigenvalue weighted by atomic mass is 19.1. The predicted molar refractivity (Wildman–Crippen MR) is 90.9 cm³/mol. The maximum Gasteiger partial charge on any atom is 0.321 e. The Labute approximate surface area is 146 Å². The van der Waals surface area contributed by atoms with E-state index in [0.717, 1.165) is 31.7 Å². The van der Waals surface area contributed by atoms with Crippen LogP contribution in [-0.4, -0.2) is 24.0 Å². The number of urea groups is 1. The Morgan fingerprint density at radius 2 is 1.80 bits per heavy atom. The van der Waals surface area contributed by atoms with Gasteiger partial charge in [0.25, 0.3) is 0 Å². The molecule has 138 valence electrons. The van der Waals surface area contributed by atoms with Crippen LogP contribution in [0.1, 0.15) is 57.6 Å². The van der Waals surface area contributed by atoms with Crippen molar-refractivity contribution in [1.82, 2.24) is 16.0 Å². The first-order chi connectivity index (χ1) is 11.9. The number of amides is 3. The van der Waals surface area contributed by atoms with Gasteiger partial charge in [0.15, 0.2) is 0 Å². The Hall–Kier alpha value is -2.02. The molecule has 0 radical (unpaired) electrons. The van der Waals surface area contributed by atoms with Gasteiger partial charge in [-0.3, -0.25) is 15.4 Å². The Kier molecular flexibility index (Phi) is 6.87. The maximum atomic E-state index is 13.8. The molecule has 25 heavy (non-hydrogen) atoms. The van der Waals surface area contributed by atoms with E-state index >= 15 is 0 Å². The molecular formula is C18H25F2N3O2. The number of hydrogen-bond acceptors (Lipinski definition) is 3. The molecule has 1 fully saturated rings. The van der Waals surface area contributed by atoms with Crippen molar-refractivity contribution in [1.29, 1.82) is 0 Å². The van der Waals surface area contributed by atoms with E-state index in [0.29, 0.717) is 0 Å². The monoisotopic (exact) mass is 353 g/mol. The summed E-state index contributed by atoms with van der Waals surface area (Å²) in [5.41, 5.74) is 0.257. The van der Waals surface area contributed by atoms with Crippen molar-refractivity contribution in [2.75, 3.05) is 0 Å². The van der Waals surface area contributed by atoms with Gasteiger partial charge in [0, 0.05) is 23.7 Å². The number of imide groups is 1. The van der Waals surface area contributed by atoms with Gasteiger partial charge in [-0.1, -0.05) is 25.3 Å². The van der Waals surface area contributed by atoms with Crippen molar-refractivity contribution in [3.63, 3.8) is 0 Å². The Balaban J connectivity index is 1.83. The molecule has 3 amide bonds. The van der Waals surface area contributed by atoms with Crippen LogP contribution in [0.25, 0.3) is 0 Å². The van der Waals surface area contributed by atoms with E-state index in [9.17, 15) is 18.4 Å². The van der Waals surface area contributed by atoms with Crippen molar-refractivity contribution in [3.05, 3.63) is 35.4 Å². The standard InChI is InChI=1S/C18H25F2N3O2/c1-11(15-9-8-13(19)10-16(15)20)21-12(2)17(24)23-18(25)22-14-6-4-3-5-7-14/h8-12,14,21H,3-7H2,1-2H3,(H2,22,23,24,25)/t11-,12-/m0/s1. The van der Waals surface area contributed by atoms with Crippen LogP contribution in [0.15, 0.2) is 18.2 Å². The molecule has 0 aliphatic heterocycles. The van der Waals surface area contributed by atoms with E-state index in [1.807, 2.05) is 0 Å². The van der Waals surface area contributed by atoms with Crippen LogP contribution < -0.4 is 16.0 Å². The first kappa shape index (κ1) is 19.3. The second-order valence-corrected chi connectivity index (χ2v) is 6.57. The minimum atomic E-state index is -0.712. The SMILES string of the molecule is C[C@H](N[C@@H](C)c1ccc(F)cc1F)C(=O)NC(=O)NC1CCCCC1. The molecule has 0 bridgehead atoms. The van der Waals surface area contributed by atoms with E-state index in [-0.39, 0.29) is 11.6 Å². The summed E-state index contributed by atoms with van der Waals surface area (Å²) in [6.45, 7) is 3.25. The van der Waals surface area contributed by atoms with Crippen LogP contribution >= 0.6 is 0 Å². The van der Waals surface area contributed by atoms with Crippen LogP contribution in [0, 0.1) is 11.6 Å². The Morgan fingerprint density at radius 1 is 1.12 bits per heavy atom. The summed E-state index contributed by atoms with van der Waals surface area (Å²) in [6.07, 6.45) is 5.19. The molecule has 3 N–H and O–H groups in total. The van der Waals surface area contributed by atoms with Crippen LogP contribution in [0.2, 0.25) is 0 Å². The van der Waals surface area contributed by atoms with Gasteiger partial charge in [-0.25, -0.2) is 13.6 Å². The number of hydrogen-bond donors (Lipinski definition) is 3. The van der Waals surface area contributed by atoms with Crippen LogP contribution in [-0.2, 0) is 4.79 Å². The quantitative estimate of drug-likeness (QED) is 0.761. The molecule has 1 aliphatic carbocycles. The topological polar surface area (TPSA) is 70.2 Å². The van der Waals surface area contributed by atoms with Crippen molar-refractivity contribution < 1.29 is 18.4 Å². The van der Waals surface area contributed by atoms with E-state index in [4.69, 9.17) is 0 Å². The fraction of sp³-hybridized carbons (Fsp3) is 0.556. The van der Waals surface area contributed by atoms with Gasteiger partial charge in [-0.2, -0.15) is 0 Å². The molecule has 7 heteroatoms. The molecule has 0 spiro atoms. The minimum Gasteiger partial charge on any atom is -0.335 e. The summed E-state index contributed by atoms with van der Waals surface area (Å²) in [7, 11) is 0. The van der Waals surface area contributed by atoms with Gasteiger partial charge >= 0.3 is 6.03 Å². The van der Waals surface area contributed by atoms with E-state index in [1.165, 1.54) is 18.6 Å². The molecule has 2 rings (SSSR count). The second kappa shape index (κ2) is 8.89. The maximum absolute atomic E-state index is 13.8. The number of carbonyl (C=O) groups is 2.